The molecular weight excluding hydrogens is 695 g/mol. The average Bonchev–Trinajstić information content (AvgIpc) is 3.86. The molecule has 0 amide bonds. The number of rotatable bonds is 7. The Labute approximate surface area is 330 Å². The van der Waals surface area contributed by atoms with Crippen LogP contribution >= 0.6 is 0 Å². The lowest BCUT2D eigenvalue weighted by atomic mass is 9.88. The van der Waals surface area contributed by atoms with E-state index < -0.39 is 0 Å². The molecule has 3 heteroatoms. The molecular formula is C54H35NO2. The van der Waals surface area contributed by atoms with Crippen LogP contribution in [0.1, 0.15) is 0 Å². The first-order valence-electron chi connectivity index (χ1n) is 19.3. The zero-order valence-electron chi connectivity index (χ0n) is 31.0. The highest BCUT2D eigenvalue weighted by molar-refractivity contribution is 6.12. The van der Waals surface area contributed by atoms with E-state index in [4.69, 9.17) is 8.83 Å². The van der Waals surface area contributed by atoms with Gasteiger partial charge in [-0.25, -0.2) is 0 Å². The van der Waals surface area contributed by atoms with Gasteiger partial charge in [-0.2, -0.15) is 0 Å². The summed E-state index contributed by atoms with van der Waals surface area (Å²) in [5.41, 5.74) is 15.9. The molecule has 0 N–H and O–H groups in total. The molecule has 0 atom stereocenters. The van der Waals surface area contributed by atoms with Crippen molar-refractivity contribution in [3.05, 3.63) is 212 Å². The summed E-state index contributed by atoms with van der Waals surface area (Å²) in [6, 6.07) is 75.2. The smallest absolute Gasteiger partial charge is 0.137 e. The van der Waals surface area contributed by atoms with E-state index in [1.165, 1.54) is 22.3 Å². The lowest BCUT2D eigenvalue weighted by Gasteiger charge is -2.28. The van der Waals surface area contributed by atoms with Gasteiger partial charge in [0.05, 0.1) is 5.69 Å². The van der Waals surface area contributed by atoms with Gasteiger partial charge in [-0.3, -0.25) is 0 Å². The fourth-order valence-electron chi connectivity index (χ4n) is 8.52. The maximum Gasteiger partial charge on any atom is 0.137 e. The summed E-state index contributed by atoms with van der Waals surface area (Å²) < 4.78 is 12.7. The van der Waals surface area contributed by atoms with Crippen molar-refractivity contribution >= 4 is 60.9 Å². The molecule has 0 bridgehead atoms. The van der Waals surface area contributed by atoms with E-state index in [1.807, 2.05) is 24.3 Å². The summed E-state index contributed by atoms with van der Waals surface area (Å²) in [4.78, 5) is 2.36. The molecule has 0 fully saturated rings. The highest BCUT2D eigenvalue weighted by Gasteiger charge is 2.22. The minimum atomic E-state index is 0.850. The van der Waals surface area contributed by atoms with Crippen LogP contribution in [0.5, 0.6) is 0 Å². The van der Waals surface area contributed by atoms with E-state index >= 15 is 0 Å². The number of para-hydroxylation sites is 3. The van der Waals surface area contributed by atoms with Gasteiger partial charge in [0.1, 0.15) is 22.3 Å². The highest BCUT2D eigenvalue weighted by Crippen LogP contribution is 2.46. The molecule has 0 radical (unpaired) electrons. The Balaban J connectivity index is 1.10. The minimum Gasteiger partial charge on any atom is -0.456 e. The molecule has 0 aliphatic heterocycles. The standard InChI is InChI=1S/C54H35NO2/c1-2-15-36(16-3-1)40-17-4-5-18-42(40)43-19-6-7-20-44(43)45-21-8-11-25-49(45)55(39-33-34-47-46-22-9-12-26-50(46)57-53(47)35-39)38-31-29-37(30-32-38)41-24-14-28-52-54(41)48-23-10-13-27-51(48)56-52/h1-35H. The largest absolute Gasteiger partial charge is 0.456 e. The Hall–Kier alpha value is -7.62. The normalized spacial score (nSPS) is 11.5. The Morgan fingerprint density at radius 1 is 0.281 bits per heavy atom. The molecule has 57 heavy (non-hydrogen) atoms. The number of anilines is 3. The molecule has 11 aromatic rings. The van der Waals surface area contributed by atoms with Gasteiger partial charge < -0.3 is 13.7 Å². The highest BCUT2D eigenvalue weighted by atomic mass is 16.3. The maximum absolute atomic E-state index is 6.47. The van der Waals surface area contributed by atoms with Crippen molar-refractivity contribution in [3.8, 4) is 44.5 Å². The SMILES string of the molecule is c1ccc(-c2ccccc2-c2ccccc2-c2ccccc2N(c2ccc(-c3cccc4oc5ccccc5c34)cc2)c2ccc3c(c2)oc2ccccc23)cc1. The first-order chi connectivity index (χ1) is 28.3. The lowest BCUT2D eigenvalue weighted by molar-refractivity contribution is 0.668. The fraction of sp³-hybridized carbons (Fsp3) is 0. The second-order valence-corrected chi connectivity index (χ2v) is 14.4. The van der Waals surface area contributed by atoms with Crippen LogP contribution in [0.15, 0.2) is 221 Å². The van der Waals surface area contributed by atoms with Crippen molar-refractivity contribution in [2.24, 2.45) is 0 Å². The van der Waals surface area contributed by atoms with Crippen LogP contribution in [-0.4, -0.2) is 0 Å². The van der Waals surface area contributed by atoms with E-state index in [9.17, 15) is 0 Å². The Morgan fingerprint density at radius 2 is 0.772 bits per heavy atom. The van der Waals surface area contributed by atoms with Gasteiger partial charge >= 0.3 is 0 Å². The Morgan fingerprint density at radius 3 is 1.54 bits per heavy atom. The molecule has 11 rings (SSSR count). The van der Waals surface area contributed by atoms with Crippen molar-refractivity contribution in [2.45, 2.75) is 0 Å². The number of hydrogen-bond donors (Lipinski definition) is 0. The van der Waals surface area contributed by atoms with Gasteiger partial charge in [0, 0.05) is 44.5 Å². The van der Waals surface area contributed by atoms with Crippen molar-refractivity contribution in [1.82, 2.24) is 0 Å². The van der Waals surface area contributed by atoms with Crippen LogP contribution in [0, 0.1) is 0 Å². The van der Waals surface area contributed by atoms with Gasteiger partial charge in [-0.1, -0.05) is 158 Å². The van der Waals surface area contributed by atoms with Crippen LogP contribution in [-0.2, 0) is 0 Å². The van der Waals surface area contributed by atoms with Crippen LogP contribution < -0.4 is 4.90 Å². The van der Waals surface area contributed by atoms with Crippen LogP contribution in [0.4, 0.5) is 17.1 Å². The molecule has 0 saturated carbocycles. The van der Waals surface area contributed by atoms with Crippen LogP contribution in [0.2, 0.25) is 0 Å². The quantitative estimate of drug-likeness (QED) is 0.164. The van der Waals surface area contributed by atoms with E-state index in [1.54, 1.807) is 0 Å². The van der Waals surface area contributed by atoms with E-state index in [-0.39, 0.29) is 0 Å². The average molecular weight is 730 g/mol. The predicted octanol–water partition coefficient (Wildman–Crippen LogP) is 15.6. The van der Waals surface area contributed by atoms with Gasteiger partial charge in [0.25, 0.3) is 0 Å². The van der Waals surface area contributed by atoms with E-state index in [0.717, 1.165) is 83.2 Å². The third-order valence-corrected chi connectivity index (χ3v) is 11.1. The third-order valence-electron chi connectivity index (χ3n) is 11.1. The van der Waals surface area contributed by atoms with Gasteiger partial charge in [-0.15, -0.1) is 0 Å². The van der Waals surface area contributed by atoms with Crippen molar-refractivity contribution in [1.29, 1.82) is 0 Å². The first-order valence-corrected chi connectivity index (χ1v) is 19.3. The van der Waals surface area contributed by atoms with Gasteiger partial charge in [0.15, 0.2) is 0 Å². The summed E-state index contributed by atoms with van der Waals surface area (Å²) in [6.07, 6.45) is 0. The lowest BCUT2D eigenvalue weighted by Crippen LogP contribution is -2.11. The van der Waals surface area contributed by atoms with Gasteiger partial charge in [-0.05, 0) is 87.5 Å². The number of fused-ring (bicyclic) bond motifs is 6. The summed E-state index contributed by atoms with van der Waals surface area (Å²) >= 11 is 0. The summed E-state index contributed by atoms with van der Waals surface area (Å²) in [5, 5.41) is 4.46. The van der Waals surface area contributed by atoms with Crippen molar-refractivity contribution in [2.75, 3.05) is 4.90 Å². The van der Waals surface area contributed by atoms with Crippen molar-refractivity contribution < 1.29 is 8.83 Å². The number of nitrogens with zero attached hydrogens (tertiary/aromatic N) is 1. The first kappa shape index (κ1) is 32.8. The second-order valence-electron chi connectivity index (χ2n) is 14.4. The molecule has 0 aliphatic carbocycles. The fourth-order valence-corrected chi connectivity index (χ4v) is 8.52. The molecule has 0 aliphatic rings. The second kappa shape index (κ2) is 13.6. The molecule has 268 valence electrons. The molecule has 2 heterocycles. The topological polar surface area (TPSA) is 29.5 Å². The molecule has 3 nitrogen and oxygen atoms in total. The minimum absolute atomic E-state index is 0.850. The maximum atomic E-state index is 6.47. The number of benzene rings is 9. The number of hydrogen-bond acceptors (Lipinski definition) is 3. The van der Waals surface area contributed by atoms with Crippen molar-refractivity contribution in [3.63, 3.8) is 0 Å². The van der Waals surface area contributed by atoms with E-state index in [0.29, 0.717) is 0 Å². The van der Waals surface area contributed by atoms with Gasteiger partial charge in [0.2, 0.25) is 0 Å². The monoisotopic (exact) mass is 729 g/mol. The summed E-state index contributed by atoms with van der Waals surface area (Å²) in [7, 11) is 0. The summed E-state index contributed by atoms with van der Waals surface area (Å²) in [5.74, 6) is 0. The molecule has 0 spiro atoms. The predicted molar refractivity (Wildman–Crippen MR) is 237 cm³/mol. The zero-order chi connectivity index (χ0) is 37.7. The van der Waals surface area contributed by atoms with E-state index in [2.05, 4.69) is 193 Å². The Kier molecular flexibility index (Phi) is 7.82. The van der Waals surface area contributed by atoms with Crippen LogP contribution in [0.3, 0.4) is 0 Å². The Bertz CT molecular complexity index is 3240. The summed E-state index contributed by atoms with van der Waals surface area (Å²) in [6.45, 7) is 0. The number of furan rings is 2. The molecule has 0 saturated heterocycles. The molecule has 2 aromatic heterocycles. The zero-order valence-corrected chi connectivity index (χ0v) is 31.0. The molecule has 9 aromatic carbocycles. The molecule has 0 unspecified atom stereocenters. The third kappa shape index (κ3) is 5.60. The van der Waals surface area contributed by atoms with Crippen LogP contribution in [0.25, 0.3) is 88.4 Å².